The summed E-state index contributed by atoms with van der Waals surface area (Å²) >= 11 is 6.03. The minimum absolute atomic E-state index is 0.00287. The number of carbonyl (C=O) groups is 1. The highest BCUT2D eigenvalue weighted by molar-refractivity contribution is 6.31. The molecule has 1 aromatic rings. The van der Waals surface area contributed by atoms with E-state index in [0.29, 0.717) is 11.6 Å². The number of rotatable bonds is 5. The Morgan fingerprint density at radius 1 is 1.44 bits per heavy atom. The molecule has 0 aliphatic carbocycles. The SMILES string of the molecule is CC(C)[NH+](CC(=O)[O-])Cc1ccccc1Cl. The van der Waals surface area contributed by atoms with Crippen LogP contribution in [-0.4, -0.2) is 18.6 Å². The molecule has 0 radical (unpaired) electrons. The van der Waals surface area contributed by atoms with Gasteiger partial charge in [-0.05, 0) is 19.9 Å². The van der Waals surface area contributed by atoms with Crippen LogP contribution in [0.5, 0.6) is 0 Å². The van der Waals surface area contributed by atoms with Crippen LogP contribution >= 0.6 is 11.6 Å². The number of nitrogens with one attached hydrogen (secondary N) is 1. The first kappa shape index (κ1) is 13.0. The Bertz CT molecular complexity index is 366. The molecule has 0 bridgehead atoms. The van der Waals surface area contributed by atoms with Gasteiger partial charge in [0.05, 0.1) is 12.0 Å². The summed E-state index contributed by atoms with van der Waals surface area (Å²) in [5.41, 5.74) is 0.967. The first-order chi connectivity index (χ1) is 7.50. The number of hydrogen-bond donors (Lipinski definition) is 1. The zero-order valence-electron chi connectivity index (χ0n) is 9.50. The van der Waals surface area contributed by atoms with Crippen LogP contribution in [0.3, 0.4) is 0 Å². The first-order valence-corrected chi connectivity index (χ1v) is 5.66. The third-order valence-corrected chi connectivity index (χ3v) is 2.93. The lowest BCUT2D eigenvalue weighted by Crippen LogP contribution is -3.15. The molecule has 3 nitrogen and oxygen atoms in total. The molecule has 16 heavy (non-hydrogen) atoms. The second kappa shape index (κ2) is 5.87. The third kappa shape index (κ3) is 3.83. The van der Waals surface area contributed by atoms with E-state index in [9.17, 15) is 9.90 Å². The average molecular weight is 242 g/mol. The topological polar surface area (TPSA) is 44.6 Å². The number of carbonyl (C=O) groups excluding carboxylic acids is 1. The summed E-state index contributed by atoms with van der Waals surface area (Å²) in [5, 5.41) is 11.3. The van der Waals surface area contributed by atoms with Crippen molar-refractivity contribution in [1.29, 1.82) is 0 Å². The Balaban J connectivity index is 2.76. The van der Waals surface area contributed by atoms with Gasteiger partial charge in [-0.25, -0.2) is 0 Å². The fraction of sp³-hybridized carbons (Fsp3) is 0.417. The van der Waals surface area contributed by atoms with Crippen molar-refractivity contribution in [3.63, 3.8) is 0 Å². The number of hydrogen-bond acceptors (Lipinski definition) is 2. The van der Waals surface area contributed by atoms with Crippen molar-refractivity contribution in [2.24, 2.45) is 0 Å². The van der Waals surface area contributed by atoms with Gasteiger partial charge >= 0.3 is 0 Å². The van der Waals surface area contributed by atoms with E-state index >= 15 is 0 Å². The number of benzene rings is 1. The number of quaternary nitrogens is 1. The van der Waals surface area contributed by atoms with E-state index < -0.39 is 5.97 Å². The Labute approximate surface area is 101 Å². The lowest BCUT2D eigenvalue weighted by atomic mass is 10.2. The molecule has 1 aromatic carbocycles. The van der Waals surface area contributed by atoms with Crippen LogP contribution in [0.25, 0.3) is 0 Å². The molecular formula is C12H16ClNO2. The fourth-order valence-corrected chi connectivity index (χ4v) is 1.75. The van der Waals surface area contributed by atoms with E-state index in [1.54, 1.807) is 0 Å². The Kier molecular flexibility index (Phi) is 4.77. The molecule has 1 rings (SSSR count). The molecule has 0 aliphatic rings. The van der Waals surface area contributed by atoms with Gasteiger partial charge in [-0.15, -0.1) is 0 Å². The average Bonchev–Trinajstić information content (AvgIpc) is 2.19. The van der Waals surface area contributed by atoms with Crippen LogP contribution in [0.2, 0.25) is 5.02 Å². The molecule has 0 heterocycles. The van der Waals surface area contributed by atoms with E-state index in [4.69, 9.17) is 11.6 Å². The summed E-state index contributed by atoms with van der Waals surface area (Å²) in [6, 6.07) is 7.71. The highest BCUT2D eigenvalue weighted by Crippen LogP contribution is 2.13. The van der Waals surface area contributed by atoms with Crippen molar-refractivity contribution in [3.8, 4) is 0 Å². The quantitative estimate of drug-likeness (QED) is 0.782. The predicted octanol–water partition coefficient (Wildman–Crippen LogP) is -0.117. The van der Waals surface area contributed by atoms with Gasteiger partial charge in [0.25, 0.3) is 0 Å². The van der Waals surface area contributed by atoms with Crippen molar-refractivity contribution in [3.05, 3.63) is 34.9 Å². The predicted molar refractivity (Wildman–Crippen MR) is 61.1 cm³/mol. The molecule has 0 saturated carbocycles. The van der Waals surface area contributed by atoms with Crippen molar-refractivity contribution < 1.29 is 14.8 Å². The zero-order valence-corrected chi connectivity index (χ0v) is 10.3. The molecule has 1 unspecified atom stereocenters. The molecule has 0 amide bonds. The van der Waals surface area contributed by atoms with E-state index in [1.807, 2.05) is 38.1 Å². The minimum Gasteiger partial charge on any atom is -0.544 e. The normalized spacial score (nSPS) is 12.8. The second-order valence-electron chi connectivity index (χ2n) is 4.13. The molecule has 0 spiro atoms. The van der Waals surface area contributed by atoms with Crippen LogP contribution in [0.4, 0.5) is 0 Å². The lowest BCUT2D eigenvalue weighted by Gasteiger charge is -2.24. The standard InChI is InChI=1S/C12H16ClNO2/c1-9(2)14(8-12(15)16)7-10-5-3-4-6-11(10)13/h3-6,9H,7-8H2,1-2H3,(H,15,16). The van der Waals surface area contributed by atoms with Gasteiger partial charge in [0.2, 0.25) is 0 Å². The molecule has 0 saturated heterocycles. The smallest absolute Gasteiger partial charge is 0.118 e. The number of carboxylic acid groups (broad SMARTS) is 1. The number of halogens is 1. The second-order valence-corrected chi connectivity index (χ2v) is 4.54. The van der Waals surface area contributed by atoms with Gasteiger partial charge in [0.15, 0.2) is 0 Å². The van der Waals surface area contributed by atoms with Gasteiger partial charge in [0.1, 0.15) is 13.1 Å². The van der Waals surface area contributed by atoms with Crippen LogP contribution in [0.1, 0.15) is 19.4 Å². The monoisotopic (exact) mass is 241 g/mol. The Morgan fingerprint density at radius 2 is 2.06 bits per heavy atom. The van der Waals surface area contributed by atoms with E-state index in [0.717, 1.165) is 10.5 Å². The van der Waals surface area contributed by atoms with Gasteiger partial charge in [0, 0.05) is 10.6 Å². The maximum atomic E-state index is 10.6. The molecule has 4 heteroatoms. The molecule has 0 aromatic heterocycles. The van der Waals surface area contributed by atoms with Crippen molar-refractivity contribution in [2.75, 3.05) is 6.54 Å². The summed E-state index contributed by atoms with van der Waals surface area (Å²) in [7, 11) is 0. The summed E-state index contributed by atoms with van der Waals surface area (Å²) in [6.45, 7) is 4.57. The fourth-order valence-electron chi connectivity index (χ4n) is 1.54. The summed E-state index contributed by atoms with van der Waals surface area (Å²) in [6.07, 6.45) is 0. The molecular weight excluding hydrogens is 226 g/mol. The minimum atomic E-state index is -1.03. The van der Waals surface area contributed by atoms with Crippen molar-refractivity contribution >= 4 is 17.6 Å². The van der Waals surface area contributed by atoms with Crippen LogP contribution in [0, 0.1) is 0 Å². The molecule has 0 aliphatic heterocycles. The molecule has 0 fully saturated rings. The largest absolute Gasteiger partial charge is 0.544 e. The van der Waals surface area contributed by atoms with E-state index in [-0.39, 0.29) is 12.6 Å². The van der Waals surface area contributed by atoms with Crippen molar-refractivity contribution in [2.45, 2.75) is 26.4 Å². The molecule has 1 atom stereocenters. The highest BCUT2D eigenvalue weighted by Gasteiger charge is 2.15. The Hall–Kier alpha value is -1.06. The van der Waals surface area contributed by atoms with Gasteiger partial charge in [-0.2, -0.15) is 0 Å². The summed E-state index contributed by atoms with van der Waals surface area (Å²) < 4.78 is 0. The van der Waals surface area contributed by atoms with Gasteiger partial charge < -0.3 is 14.8 Å². The van der Waals surface area contributed by atoms with Crippen LogP contribution in [-0.2, 0) is 11.3 Å². The van der Waals surface area contributed by atoms with Gasteiger partial charge in [-0.1, -0.05) is 29.8 Å². The van der Waals surface area contributed by atoms with Gasteiger partial charge in [-0.3, -0.25) is 0 Å². The maximum absolute atomic E-state index is 10.6. The Morgan fingerprint density at radius 3 is 2.56 bits per heavy atom. The van der Waals surface area contributed by atoms with Crippen LogP contribution < -0.4 is 10.0 Å². The molecule has 1 N–H and O–H groups in total. The number of carboxylic acids is 1. The van der Waals surface area contributed by atoms with E-state index in [1.165, 1.54) is 0 Å². The summed E-state index contributed by atoms with van der Waals surface area (Å²) in [4.78, 5) is 11.6. The number of aliphatic carboxylic acids is 1. The van der Waals surface area contributed by atoms with Crippen LogP contribution in [0.15, 0.2) is 24.3 Å². The van der Waals surface area contributed by atoms with E-state index in [2.05, 4.69) is 0 Å². The third-order valence-electron chi connectivity index (χ3n) is 2.56. The maximum Gasteiger partial charge on any atom is 0.118 e. The summed E-state index contributed by atoms with van der Waals surface area (Å²) in [5.74, 6) is -1.03. The van der Waals surface area contributed by atoms with Crippen molar-refractivity contribution in [1.82, 2.24) is 0 Å². The lowest BCUT2D eigenvalue weighted by molar-refractivity contribution is -0.929. The highest BCUT2D eigenvalue weighted by atomic mass is 35.5. The zero-order chi connectivity index (χ0) is 12.1. The molecule has 88 valence electrons. The first-order valence-electron chi connectivity index (χ1n) is 5.28.